The number of hydrogen-bond donors (Lipinski definition) is 1. The highest BCUT2D eigenvalue weighted by molar-refractivity contribution is 9.10. The minimum absolute atomic E-state index is 0.234. The Morgan fingerprint density at radius 3 is 2.57 bits per heavy atom. The van der Waals surface area contributed by atoms with E-state index in [1.165, 1.54) is 0 Å². The first-order valence-electron chi connectivity index (χ1n) is 6.33. The highest BCUT2D eigenvalue weighted by atomic mass is 79.9. The van der Waals surface area contributed by atoms with Crippen LogP contribution in [0.1, 0.15) is 29.1 Å². The molecule has 1 amide bonds. The number of methoxy groups -OCH3 is 2. The second kappa shape index (κ2) is 6.67. The molecule has 6 heteroatoms. The lowest BCUT2D eigenvalue weighted by atomic mass is 10.1. The standard InChI is InChI=1S/C15H16BrNO4/c1-9(17-15(18)12-6-7-14(16)21-12)11-5-4-10(19-2)8-13(11)20-3/h4-9H,1-3H3,(H,17,18). The number of ether oxygens (including phenoxy) is 2. The van der Waals surface area contributed by atoms with Gasteiger partial charge in [-0.3, -0.25) is 4.79 Å². The van der Waals surface area contributed by atoms with E-state index in [9.17, 15) is 4.79 Å². The number of nitrogens with one attached hydrogen (secondary N) is 1. The predicted molar refractivity (Wildman–Crippen MR) is 81.8 cm³/mol. The second-order valence-corrected chi connectivity index (χ2v) is 5.19. The zero-order valence-corrected chi connectivity index (χ0v) is 13.6. The number of benzene rings is 1. The van der Waals surface area contributed by atoms with Gasteiger partial charge >= 0.3 is 0 Å². The fraction of sp³-hybridized carbons (Fsp3) is 0.267. The smallest absolute Gasteiger partial charge is 0.287 e. The van der Waals surface area contributed by atoms with Gasteiger partial charge in [0.05, 0.1) is 20.3 Å². The van der Waals surface area contributed by atoms with Crippen LogP contribution in [0.4, 0.5) is 0 Å². The van der Waals surface area contributed by atoms with Gasteiger partial charge < -0.3 is 19.2 Å². The maximum absolute atomic E-state index is 12.1. The molecule has 0 aliphatic heterocycles. The molecule has 1 unspecified atom stereocenters. The lowest BCUT2D eigenvalue weighted by Crippen LogP contribution is -2.26. The lowest BCUT2D eigenvalue weighted by molar-refractivity contribution is 0.0910. The number of amides is 1. The molecular weight excluding hydrogens is 338 g/mol. The molecule has 1 aromatic carbocycles. The van der Waals surface area contributed by atoms with Gasteiger partial charge in [0, 0.05) is 11.6 Å². The summed E-state index contributed by atoms with van der Waals surface area (Å²) in [6.07, 6.45) is 0. The highest BCUT2D eigenvalue weighted by Gasteiger charge is 2.17. The molecule has 0 aliphatic rings. The van der Waals surface area contributed by atoms with Crippen LogP contribution in [-0.2, 0) is 0 Å². The Labute approximate surface area is 131 Å². The summed E-state index contributed by atoms with van der Waals surface area (Å²) in [7, 11) is 3.17. The van der Waals surface area contributed by atoms with E-state index in [4.69, 9.17) is 13.9 Å². The number of carbonyl (C=O) groups excluding carboxylic acids is 1. The molecule has 2 rings (SSSR count). The average molecular weight is 354 g/mol. The van der Waals surface area contributed by atoms with Gasteiger partial charge in [0.1, 0.15) is 11.5 Å². The summed E-state index contributed by atoms with van der Waals surface area (Å²) in [6.45, 7) is 1.88. The minimum Gasteiger partial charge on any atom is -0.497 e. The van der Waals surface area contributed by atoms with Crippen LogP contribution in [0.3, 0.4) is 0 Å². The van der Waals surface area contributed by atoms with Gasteiger partial charge in [-0.15, -0.1) is 0 Å². The van der Waals surface area contributed by atoms with E-state index >= 15 is 0 Å². The van der Waals surface area contributed by atoms with Crippen LogP contribution in [0.5, 0.6) is 11.5 Å². The van der Waals surface area contributed by atoms with E-state index in [0.717, 1.165) is 5.56 Å². The maximum Gasteiger partial charge on any atom is 0.287 e. The fourth-order valence-electron chi connectivity index (χ4n) is 1.96. The molecule has 2 aromatic rings. The first-order chi connectivity index (χ1) is 10.0. The Hall–Kier alpha value is -1.95. The summed E-state index contributed by atoms with van der Waals surface area (Å²) < 4.78 is 16.2. The van der Waals surface area contributed by atoms with Gasteiger partial charge in [0.25, 0.3) is 5.91 Å². The van der Waals surface area contributed by atoms with Crippen LogP contribution < -0.4 is 14.8 Å². The van der Waals surface area contributed by atoms with Gasteiger partial charge in [0.15, 0.2) is 10.4 Å². The van der Waals surface area contributed by atoms with E-state index in [0.29, 0.717) is 16.2 Å². The Bertz CT molecular complexity index is 638. The first kappa shape index (κ1) is 15.4. The minimum atomic E-state index is -0.286. The van der Waals surface area contributed by atoms with Crippen molar-refractivity contribution in [1.82, 2.24) is 5.32 Å². The third kappa shape index (κ3) is 3.58. The second-order valence-electron chi connectivity index (χ2n) is 4.41. The summed E-state index contributed by atoms with van der Waals surface area (Å²) in [5, 5.41) is 2.86. The van der Waals surface area contributed by atoms with Crippen molar-refractivity contribution in [2.24, 2.45) is 0 Å². The SMILES string of the molecule is COc1ccc(C(C)NC(=O)c2ccc(Br)o2)c(OC)c1. The van der Waals surface area contributed by atoms with Gasteiger partial charge in [-0.1, -0.05) is 0 Å². The van der Waals surface area contributed by atoms with Crippen molar-refractivity contribution in [3.05, 3.63) is 46.3 Å². The molecule has 1 N–H and O–H groups in total. The third-order valence-corrected chi connectivity index (χ3v) is 3.48. The van der Waals surface area contributed by atoms with Crippen LogP contribution in [0, 0.1) is 0 Å². The molecule has 0 spiro atoms. The number of hydrogen-bond acceptors (Lipinski definition) is 4. The van der Waals surface area contributed by atoms with E-state index in [2.05, 4.69) is 21.2 Å². The molecule has 0 saturated heterocycles. The largest absolute Gasteiger partial charge is 0.497 e. The number of furan rings is 1. The zero-order chi connectivity index (χ0) is 15.4. The van der Waals surface area contributed by atoms with E-state index in [-0.39, 0.29) is 17.7 Å². The molecule has 1 heterocycles. The fourth-order valence-corrected chi connectivity index (χ4v) is 2.26. The number of rotatable bonds is 5. The van der Waals surface area contributed by atoms with Gasteiger partial charge in [-0.2, -0.15) is 0 Å². The van der Waals surface area contributed by atoms with E-state index in [1.54, 1.807) is 32.4 Å². The van der Waals surface area contributed by atoms with Crippen molar-refractivity contribution in [2.45, 2.75) is 13.0 Å². The molecule has 0 aliphatic carbocycles. The van der Waals surface area contributed by atoms with Crippen LogP contribution in [-0.4, -0.2) is 20.1 Å². The Morgan fingerprint density at radius 1 is 1.24 bits per heavy atom. The molecule has 112 valence electrons. The molecule has 21 heavy (non-hydrogen) atoms. The zero-order valence-electron chi connectivity index (χ0n) is 12.0. The van der Waals surface area contributed by atoms with Crippen LogP contribution in [0.25, 0.3) is 0 Å². The van der Waals surface area contributed by atoms with Crippen molar-refractivity contribution in [3.8, 4) is 11.5 Å². The Kier molecular flexibility index (Phi) is 4.90. The quantitative estimate of drug-likeness (QED) is 0.892. The van der Waals surface area contributed by atoms with Crippen molar-refractivity contribution < 1.29 is 18.7 Å². The predicted octanol–water partition coefficient (Wildman–Crippen LogP) is 3.55. The number of halogens is 1. The molecule has 0 bridgehead atoms. The van der Waals surface area contributed by atoms with Crippen molar-refractivity contribution >= 4 is 21.8 Å². The molecule has 0 fully saturated rings. The third-order valence-electron chi connectivity index (χ3n) is 3.05. The summed E-state index contributed by atoms with van der Waals surface area (Å²) in [5.74, 6) is 1.32. The Balaban J connectivity index is 2.16. The van der Waals surface area contributed by atoms with Crippen LogP contribution in [0.15, 0.2) is 39.4 Å². The van der Waals surface area contributed by atoms with Crippen molar-refractivity contribution in [3.63, 3.8) is 0 Å². The molecule has 1 aromatic heterocycles. The lowest BCUT2D eigenvalue weighted by Gasteiger charge is -2.17. The average Bonchev–Trinajstić information content (AvgIpc) is 2.93. The van der Waals surface area contributed by atoms with Crippen LogP contribution in [0.2, 0.25) is 0 Å². The van der Waals surface area contributed by atoms with Gasteiger partial charge in [-0.25, -0.2) is 0 Å². The van der Waals surface area contributed by atoms with Crippen LogP contribution >= 0.6 is 15.9 Å². The normalized spacial score (nSPS) is 11.8. The highest BCUT2D eigenvalue weighted by Crippen LogP contribution is 2.29. The summed E-state index contributed by atoms with van der Waals surface area (Å²) in [4.78, 5) is 12.1. The molecule has 0 radical (unpaired) electrons. The van der Waals surface area contributed by atoms with Crippen molar-refractivity contribution in [1.29, 1.82) is 0 Å². The Morgan fingerprint density at radius 2 is 2.00 bits per heavy atom. The summed E-state index contributed by atoms with van der Waals surface area (Å²) in [6, 6.07) is 8.51. The van der Waals surface area contributed by atoms with Crippen molar-refractivity contribution in [2.75, 3.05) is 14.2 Å². The summed E-state index contributed by atoms with van der Waals surface area (Å²) >= 11 is 3.17. The van der Waals surface area contributed by atoms with Gasteiger partial charge in [0.2, 0.25) is 0 Å². The maximum atomic E-state index is 12.1. The molecule has 1 atom stereocenters. The summed E-state index contributed by atoms with van der Waals surface area (Å²) in [5.41, 5.74) is 0.859. The first-order valence-corrected chi connectivity index (χ1v) is 7.12. The molecule has 5 nitrogen and oxygen atoms in total. The topological polar surface area (TPSA) is 60.7 Å². The van der Waals surface area contributed by atoms with E-state index < -0.39 is 0 Å². The molecule has 0 saturated carbocycles. The van der Waals surface area contributed by atoms with Gasteiger partial charge in [-0.05, 0) is 47.1 Å². The molecular formula is C15H16BrNO4. The monoisotopic (exact) mass is 353 g/mol. The number of carbonyl (C=O) groups is 1. The van der Waals surface area contributed by atoms with E-state index in [1.807, 2.05) is 19.1 Å².